The van der Waals surface area contributed by atoms with Gasteiger partial charge in [0.25, 0.3) is 5.91 Å². The maximum absolute atomic E-state index is 13.2. The molecule has 0 radical (unpaired) electrons. The molecule has 1 amide bonds. The Morgan fingerprint density at radius 1 is 0.912 bits per heavy atom. The number of amides is 1. The Labute approximate surface area is 200 Å². The van der Waals surface area contributed by atoms with E-state index >= 15 is 0 Å². The molecule has 0 aliphatic heterocycles. The van der Waals surface area contributed by atoms with Crippen LogP contribution in [0.3, 0.4) is 0 Å². The Morgan fingerprint density at radius 3 is 2.21 bits per heavy atom. The van der Waals surface area contributed by atoms with Gasteiger partial charge in [-0.3, -0.25) is 13.9 Å². The second-order valence-electron chi connectivity index (χ2n) is 8.14. The zero-order valence-corrected chi connectivity index (χ0v) is 20.4. The second-order valence-corrected chi connectivity index (χ2v) is 10.1. The Kier molecular flexibility index (Phi) is 7.73. The minimum atomic E-state index is -3.78. The van der Waals surface area contributed by atoms with Crippen molar-refractivity contribution in [1.29, 1.82) is 0 Å². The lowest BCUT2D eigenvalue weighted by atomic mass is 10.1. The van der Waals surface area contributed by atoms with Crippen LogP contribution in [0, 0.1) is 20.8 Å². The summed E-state index contributed by atoms with van der Waals surface area (Å²) in [6.45, 7) is 4.97. The predicted molar refractivity (Wildman–Crippen MR) is 133 cm³/mol. The quantitative estimate of drug-likeness (QED) is 0.485. The summed E-state index contributed by atoms with van der Waals surface area (Å²) >= 11 is 0. The SMILES string of the molecule is Cc1ccc(C)c(NC(=O)C(OC(=O)CN(c2ccccc2C)S(C)(=O)=O)c2ccccc2)c1. The Balaban J connectivity index is 1.87. The van der Waals surface area contributed by atoms with E-state index in [0.717, 1.165) is 21.7 Å². The van der Waals surface area contributed by atoms with E-state index < -0.39 is 34.5 Å². The molecule has 34 heavy (non-hydrogen) atoms. The third-order valence-electron chi connectivity index (χ3n) is 5.30. The van der Waals surface area contributed by atoms with E-state index in [4.69, 9.17) is 4.74 Å². The van der Waals surface area contributed by atoms with Gasteiger partial charge in [0, 0.05) is 11.3 Å². The van der Waals surface area contributed by atoms with Gasteiger partial charge < -0.3 is 10.1 Å². The molecule has 0 aliphatic rings. The van der Waals surface area contributed by atoms with Crippen LogP contribution >= 0.6 is 0 Å². The molecule has 3 aromatic rings. The minimum Gasteiger partial charge on any atom is -0.446 e. The fraction of sp³-hybridized carbons (Fsp3) is 0.231. The van der Waals surface area contributed by atoms with Gasteiger partial charge in [-0.1, -0.05) is 60.7 Å². The van der Waals surface area contributed by atoms with Crippen LogP contribution in [-0.4, -0.2) is 33.1 Å². The molecule has 0 heterocycles. The van der Waals surface area contributed by atoms with Crippen molar-refractivity contribution in [3.05, 3.63) is 95.1 Å². The molecule has 0 bridgehead atoms. The highest BCUT2D eigenvalue weighted by molar-refractivity contribution is 7.92. The highest BCUT2D eigenvalue weighted by atomic mass is 32.2. The average molecular weight is 481 g/mol. The number of hydrogen-bond donors (Lipinski definition) is 1. The first-order valence-electron chi connectivity index (χ1n) is 10.7. The van der Waals surface area contributed by atoms with Crippen LogP contribution in [0.4, 0.5) is 11.4 Å². The van der Waals surface area contributed by atoms with Crippen LogP contribution in [0.15, 0.2) is 72.8 Å². The van der Waals surface area contributed by atoms with E-state index in [2.05, 4.69) is 5.32 Å². The molecule has 3 aromatic carbocycles. The van der Waals surface area contributed by atoms with E-state index in [9.17, 15) is 18.0 Å². The van der Waals surface area contributed by atoms with Crippen LogP contribution in [0.2, 0.25) is 0 Å². The third kappa shape index (κ3) is 6.23. The first-order valence-corrected chi connectivity index (χ1v) is 12.6. The molecule has 0 saturated carbocycles. The minimum absolute atomic E-state index is 0.373. The number of carbonyl (C=O) groups excluding carboxylic acids is 2. The number of anilines is 2. The van der Waals surface area contributed by atoms with Crippen molar-refractivity contribution < 1.29 is 22.7 Å². The molecule has 1 unspecified atom stereocenters. The second kappa shape index (κ2) is 10.5. The largest absolute Gasteiger partial charge is 0.446 e. The lowest BCUT2D eigenvalue weighted by Crippen LogP contribution is -2.37. The van der Waals surface area contributed by atoms with Crippen molar-refractivity contribution in [2.24, 2.45) is 0 Å². The number of para-hydroxylation sites is 1. The van der Waals surface area contributed by atoms with E-state index in [1.54, 1.807) is 61.5 Å². The maximum Gasteiger partial charge on any atom is 0.327 e. The maximum atomic E-state index is 13.2. The number of sulfonamides is 1. The van der Waals surface area contributed by atoms with E-state index in [1.165, 1.54) is 0 Å². The number of benzene rings is 3. The lowest BCUT2D eigenvalue weighted by molar-refractivity contribution is -0.153. The molecular weight excluding hydrogens is 452 g/mol. The smallest absolute Gasteiger partial charge is 0.327 e. The standard InChI is InChI=1S/C26H28N2O5S/c1-18-14-15-19(2)22(16-18)27-26(30)25(21-11-6-5-7-12-21)33-24(29)17-28(34(4,31)32)23-13-9-8-10-20(23)3/h5-16,25H,17H2,1-4H3,(H,27,30). The van der Waals surface area contributed by atoms with Gasteiger partial charge in [0.2, 0.25) is 16.1 Å². The summed E-state index contributed by atoms with van der Waals surface area (Å²) in [7, 11) is -3.78. The fourth-order valence-corrected chi connectivity index (χ4v) is 4.38. The van der Waals surface area contributed by atoms with Crippen molar-refractivity contribution in [2.45, 2.75) is 26.9 Å². The lowest BCUT2D eigenvalue weighted by Gasteiger charge is -2.25. The van der Waals surface area contributed by atoms with Gasteiger partial charge in [0.1, 0.15) is 6.54 Å². The molecule has 0 aliphatic carbocycles. The molecule has 0 aromatic heterocycles. The zero-order valence-electron chi connectivity index (χ0n) is 19.6. The van der Waals surface area contributed by atoms with Crippen molar-refractivity contribution in [3.8, 4) is 0 Å². The molecule has 7 nitrogen and oxygen atoms in total. The monoisotopic (exact) mass is 480 g/mol. The van der Waals surface area contributed by atoms with Gasteiger partial charge in [0.05, 0.1) is 11.9 Å². The van der Waals surface area contributed by atoms with Gasteiger partial charge >= 0.3 is 5.97 Å². The summed E-state index contributed by atoms with van der Waals surface area (Å²) in [5.41, 5.74) is 3.97. The molecule has 0 saturated heterocycles. The van der Waals surface area contributed by atoms with Crippen LogP contribution in [0.25, 0.3) is 0 Å². The summed E-state index contributed by atoms with van der Waals surface area (Å²) in [5, 5.41) is 2.83. The van der Waals surface area contributed by atoms with Gasteiger partial charge in [-0.25, -0.2) is 8.42 Å². The summed E-state index contributed by atoms with van der Waals surface area (Å²) < 4.78 is 31.5. The predicted octanol–water partition coefficient (Wildman–Crippen LogP) is 4.30. The van der Waals surface area contributed by atoms with Crippen LogP contribution < -0.4 is 9.62 Å². The molecule has 0 fully saturated rings. The fourth-order valence-electron chi connectivity index (χ4n) is 3.48. The van der Waals surface area contributed by atoms with Gasteiger partial charge in [-0.15, -0.1) is 0 Å². The van der Waals surface area contributed by atoms with Crippen LogP contribution in [0.5, 0.6) is 0 Å². The number of aryl methyl sites for hydroxylation is 3. The summed E-state index contributed by atoms with van der Waals surface area (Å²) in [5.74, 6) is -1.38. The molecule has 8 heteroatoms. The summed E-state index contributed by atoms with van der Waals surface area (Å²) in [6.07, 6.45) is -0.235. The highest BCUT2D eigenvalue weighted by Gasteiger charge is 2.29. The Hall–Kier alpha value is -3.65. The molecule has 1 N–H and O–H groups in total. The number of nitrogens with one attached hydrogen (secondary N) is 1. The number of carbonyl (C=O) groups is 2. The number of esters is 1. The number of ether oxygens (including phenoxy) is 1. The molecule has 1 atom stereocenters. The molecule has 0 spiro atoms. The Morgan fingerprint density at radius 2 is 1.56 bits per heavy atom. The normalized spacial score (nSPS) is 12.0. The summed E-state index contributed by atoms with van der Waals surface area (Å²) in [6, 6.07) is 21.1. The number of hydrogen-bond acceptors (Lipinski definition) is 5. The van der Waals surface area contributed by atoms with Crippen molar-refractivity contribution in [3.63, 3.8) is 0 Å². The topological polar surface area (TPSA) is 92.8 Å². The van der Waals surface area contributed by atoms with Crippen molar-refractivity contribution in [1.82, 2.24) is 0 Å². The van der Waals surface area contributed by atoms with Crippen LogP contribution in [-0.2, 0) is 24.3 Å². The van der Waals surface area contributed by atoms with Crippen molar-refractivity contribution >= 4 is 33.3 Å². The number of rotatable bonds is 8. The highest BCUT2D eigenvalue weighted by Crippen LogP contribution is 2.25. The van der Waals surface area contributed by atoms with Gasteiger partial charge in [-0.05, 0) is 49.6 Å². The Bertz CT molecular complexity index is 1290. The van der Waals surface area contributed by atoms with Gasteiger partial charge in [-0.2, -0.15) is 0 Å². The number of nitrogens with zero attached hydrogens (tertiary/aromatic N) is 1. The molecule has 178 valence electrons. The van der Waals surface area contributed by atoms with Crippen LogP contribution in [0.1, 0.15) is 28.4 Å². The summed E-state index contributed by atoms with van der Waals surface area (Å²) in [4.78, 5) is 26.1. The average Bonchev–Trinajstić information content (AvgIpc) is 2.78. The van der Waals surface area contributed by atoms with Gasteiger partial charge in [0.15, 0.2) is 0 Å². The first-order chi connectivity index (χ1) is 16.1. The molecular formula is C26H28N2O5S. The first kappa shape index (κ1) is 25.0. The zero-order chi connectivity index (χ0) is 24.9. The van der Waals surface area contributed by atoms with E-state index in [1.807, 2.05) is 32.0 Å². The van der Waals surface area contributed by atoms with E-state index in [0.29, 0.717) is 22.5 Å². The van der Waals surface area contributed by atoms with Crippen molar-refractivity contribution in [2.75, 3.05) is 22.4 Å². The van der Waals surface area contributed by atoms with E-state index in [-0.39, 0.29) is 0 Å². The molecule has 3 rings (SSSR count). The third-order valence-corrected chi connectivity index (χ3v) is 6.42.